The average molecular weight is 398 g/mol. The number of urea groups is 1. The minimum absolute atomic E-state index is 0.113. The lowest BCUT2D eigenvalue weighted by molar-refractivity contribution is 0.208. The summed E-state index contributed by atoms with van der Waals surface area (Å²) >= 11 is 5.88. The van der Waals surface area contributed by atoms with Crippen LogP contribution in [-0.2, 0) is 0 Å². The zero-order chi connectivity index (χ0) is 19.5. The highest BCUT2D eigenvalue weighted by atomic mass is 35.5. The number of benzene rings is 1. The predicted octanol–water partition coefficient (Wildman–Crippen LogP) is 2.98. The van der Waals surface area contributed by atoms with Gasteiger partial charge in [0, 0.05) is 55.3 Å². The van der Waals surface area contributed by atoms with E-state index in [1.54, 1.807) is 40.0 Å². The largest absolute Gasteiger partial charge is 0.353 e. The lowest BCUT2D eigenvalue weighted by Gasteiger charge is -2.35. The van der Waals surface area contributed by atoms with Crippen molar-refractivity contribution >= 4 is 29.1 Å². The van der Waals surface area contributed by atoms with Gasteiger partial charge in [0.05, 0.1) is 0 Å². The topological polar surface area (TPSA) is 79.2 Å². The van der Waals surface area contributed by atoms with Crippen molar-refractivity contribution in [3.63, 3.8) is 0 Å². The number of nitrogens with one attached hydrogen (secondary N) is 1. The summed E-state index contributed by atoms with van der Waals surface area (Å²) in [7, 11) is 0. The van der Waals surface area contributed by atoms with E-state index in [2.05, 4.69) is 25.3 Å². The molecule has 3 aromatic rings. The molecule has 1 fully saturated rings. The Kier molecular flexibility index (Phi) is 5.12. The second kappa shape index (κ2) is 7.85. The number of aryl methyl sites for hydroxylation is 1. The molecular weight excluding hydrogens is 378 g/mol. The maximum Gasteiger partial charge on any atom is 0.321 e. The van der Waals surface area contributed by atoms with E-state index in [1.165, 1.54) is 0 Å². The minimum Gasteiger partial charge on any atom is -0.353 e. The average Bonchev–Trinajstić information content (AvgIpc) is 3.24. The molecule has 2 amide bonds. The van der Waals surface area contributed by atoms with Gasteiger partial charge in [0.1, 0.15) is 11.6 Å². The van der Waals surface area contributed by atoms with Crippen LogP contribution in [-0.4, -0.2) is 56.9 Å². The van der Waals surface area contributed by atoms with E-state index < -0.39 is 0 Å². The van der Waals surface area contributed by atoms with Gasteiger partial charge in [-0.1, -0.05) is 11.6 Å². The third-order valence-electron chi connectivity index (χ3n) is 4.54. The Bertz CT molecular complexity index is 951. The summed E-state index contributed by atoms with van der Waals surface area (Å²) < 4.78 is 1.72. The van der Waals surface area contributed by atoms with E-state index in [-0.39, 0.29) is 6.03 Å². The smallest absolute Gasteiger partial charge is 0.321 e. The third-order valence-corrected chi connectivity index (χ3v) is 4.79. The van der Waals surface area contributed by atoms with Gasteiger partial charge in [-0.15, -0.1) is 0 Å². The fourth-order valence-electron chi connectivity index (χ4n) is 3.09. The van der Waals surface area contributed by atoms with Crippen LogP contribution in [0.3, 0.4) is 0 Å². The number of anilines is 2. The molecule has 8 nitrogen and oxygen atoms in total. The van der Waals surface area contributed by atoms with Crippen molar-refractivity contribution in [1.29, 1.82) is 0 Å². The van der Waals surface area contributed by atoms with Gasteiger partial charge in [-0.2, -0.15) is 5.10 Å². The van der Waals surface area contributed by atoms with Crippen LogP contribution in [0.25, 0.3) is 5.82 Å². The van der Waals surface area contributed by atoms with Crippen LogP contribution in [0.4, 0.5) is 16.3 Å². The molecule has 144 valence electrons. The molecule has 1 saturated heterocycles. The monoisotopic (exact) mass is 397 g/mol. The minimum atomic E-state index is -0.113. The number of amides is 2. The fourth-order valence-corrected chi connectivity index (χ4v) is 3.22. The van der Waals surface area contributed by atoms with Gasteiger partial charge in [0.15, 0.2) is 5.82 Å². The highest BCUT2D eigenvalue weighted by Crippen LogP contribution is 2.18. The zero-order valence-corrected chi connectivity index (χ0v) is 16.2. The summed E-state index contributed by atoms with van der Waals surface area (Å²) in [6.07, 6.45) is 3.57. The first kappa shape index (κ1) is 18.2. The lowest BCUT2D eigenvalue weighted by atomic mass is 10.3. The number of aromatic nitrogens is 4. The zero-order valence-electron chi connectivity index (χ0n) is 15.4. The number of rotatable bonds is 3. The number of carbonyl (C=O) groups excluding carboxylic acids is 1. The van der Waals surface area contributed by atoms with Crippen LogP contribution in [0.5, 0.6) is 0 Å². The van der Waals surface area contributed by atoms with Crippen molar-refractivity contribution in [2.45, 2.75) is 6.92 Å². The summed E-state index contributed by atoms with van der Waals surface area (Å²) in [5, 5.41) is 7.78. The highest BCUT2D eigenvalue weighted by Gasteiger charge is 2.22. The van der Waals surface area contributed by atoms with Crippen molar-refractivity contribution in [2.24, 2.45) is 0 Å². The molecule has 0 unspecified atom stereocenters. The van der Waals surface area contributed by atoms with Crippen molar-refractivity contribution in [3.8, 4) is 5.82 Å². The predicted molar refractivity (Wildman–Crippen MR) is 108 cm³/mol. The van der Waals surface area contributed by atoms with Gasteiger partial charge in [0.25, 0.3) is 0 Å². The summed E-state index contributed by atoms with van der Waals surface area (Å²) in [4.78, 5) is 25.4. The van der Waals surface area contributed by atoms with Crippen LogP contribution in [0.2, 0.25) is 5.02 Å². The van der Waals surface area contributed by atoms with Crippen LogP contribution in [0.15, 0.2) is 48.8 Å². The molecular formula is C19H20ClN7O. The van der Waals surface area contributed by atoms with Gasteiger partial charge in [-0.25, -0.2) is 19.4 Å². The Hall–Kier alpha value is -3.13. The standard InChI is InChI=1S/C19H20ClN7O/c1-14-22-17(13-18(23-14)27-8-2-7-21-27)25-9-11-26(12-10-25)19(28)24-16-5-3-15(20)4-6-16/h2-8,13H,9-12H2,1H3,(H,24,28). The number of halogens is 1. The van der Waals surface area contributed by atoms with E-state index in [0.29, 0.717) is 37.0 Å². The van der Waals surface area contributed by atoms with E-state index in [0.717, 1.165) is 17.3 Å². The quantitative estimate of drug-likeness (QED) is 0.735. The van der Waals surface area contributed by atoms with Gasteiger partial charge in [-0.05, 0) is 37.3 Å². The van der Waals surface area contributed by atoms with Gasteiger partial charge in [-0.3, -0.25) is 0 Å². The van der Waals surface area contributed by atoms with E-state index in [4.69, 9.17) is 11.6 Å². The molecule has 2 aromatic heterocycles. The van der Waals surface area contributed by atoms with E-state index in [1.807, 2.05) is 25.3 Å². The van der Waals surface area contributed by atoms with E-state index >= 15 is 0 Å². The molecule has 3 heterocycles. The second-order valence-electron chi connectivity index (χ2n) is 6.49. The maximum absolute atomic E-state index is 12.5. The van der Waals surface area contributed by atoms with Crippen molar-refractivity contribution in [2.75, 3.05) is 36.4 Å². The van der Waals surface area contributed by atoms with Crippen molar-refractivity contribution < 1.29 is 4.79 Å². The van der Waals surface area contributed by atoms with Gasteiger partial charge < -0.3 is 15.1 Å². The van der Waals surface area contributed by atoms with Crippen LogP contribution < -0.4 is 10.2 Å². The van der Waals surface area contributed by atoms with Crippen LogP contribution in [0.1, 0.15) is 5.82 Å². The maximum atomic E-state index is 12.5. The Labute approximate surface area is 167 Å². The van der Waals surface area contributed by atoms with Crippen molar-refractivity contribution in [3.05, 3.63) is 59.6 Å². The molecule has 1 aliphatic heterocycles. The highest BCUT2D eigenvalue weighted by molar-refractivity contribution is 6.30. The van der Waals surface area contributed by atoms with Gasteiger partial charge >= 0.3 is 6.03 Å². The molecule has 0 spiro atoms. The summed E-state index contributed by atoms with van der Waals surface area (Å²) in [5.41, 5.74) is 0.729. The van der Waals surface area contributed by atoms with Crippen LogP contribution in [0, 0.1) is 6.92 Å². The number of nitrogens with zero attached hydrogens (tertiary/aromatic N) is 6. The molecule has 1 N–H and O–H groups in total. The Morgan fingerprint density at radius 3 is 2.46 bits per heavy atom. The number of carbonyl (C=O) groups is 1. The second-order valence-corrected chi connectivity index (χ2v) is 6.93. The first-order valence-electron chi connectivity index (χ1n) is 9.01. The molecule has 0 atom stereocenters. The first-order chi connectivity index (χ1) is 13.6. The van der Waals surface area contributed by atoms with E-state index in [9.17, 15) is 4.79 Å². The number of hydrogen-bond acceptors (Lipinski definition) is 5. The molecule has 0 radical (unpaired) electrons. The molecule has 1 aliphatic rings. The van der Waals surface area contributed by atoms with Crippen LogP contribution >= 0.6 is 11.6 Å². The molecule has 28 heavy (non-hydrogen) atoms. The number of hydrogen-bond donors (Lipinski definition) is 1. The molecule has 0 saturated carbocycles. The summed E-state index contributed by atoms with van der Waals surface area (Å²) in [6.45, 7) is 4.48. The molecule has 0 bridgehead atoms. The Morgan fingerprint density at radius 2 is 1.79 bits per heavy atom. The first-order valence-corrected chi connectivity index (χ1v) is 9.38. The summed E-state index contributed by atoms with van der Waals surface area (Å²) in [6, 6.07) is 10.7. The normalized spacial score (nSPS) is 14.2. The molecule has 0 aliphatic carbocycles. The Balaban J connectivity index is 1.40. The fraction of sp³-hybridized carbons (Fsp3) is 0.263. The summed E-state index contributed by atoms with van der Waals surface area (Å²) in [5.74, 6) is 2.26. The Morgan fingerprint density at radius 1 is 1.07 bits per heavy atom. The van der Waals surface area contributed by atoms with Crippen molar-refractivity contribution in [1.82, 2.24) is 24.6 Å². The molecule has 1 aromatic carbocycles. The van der Waals surface area contributed by atoms with Gasteiger partial charge in [0.2, 0.25) is 0 Å². The SMILES string of the molecule is Cc1nc(N2CCN(C(=O)Nc3ccc(Cl)cc3)CC2)cc(-n2cccn2)n1. The third kappa shape index (κ3) is 4.07. The number of piperazine rings is 1. The molecule has 9 heteroatoms. The molecule has 4 rings (SSSR count). The lowest BCUT2D eigenvalue weighted by Crippen LogP contribution is -2.50.